The van der Waals surface area contributed by atoms with Crippen LogP contribution in [0.4, 0.5) is 0 Å². The lowest BCUT2D eigenvalue weighted by molar-refractivity contribution is -0.141. The topological polar surface area (TPSA) is 26.3 Å². The van der Waals surface area contributed by atoms with Crippen molar-refractivity contribution in [3.05, 3.63) is 0 Å². The number of carbonyl (C=O) groups is 1. The van der Waals surface area contributed by atoms with Crippen molar-refractivity contribution in [2.24, 2.45) is 5.92 Å². The molecule has 0 spiro atoms. The fourth-order valence-electron chi connectivity index (χ4n) is 0.512. The van der Waals surface area contributed by atoms with Crippen LogP contribution < -0.4 is 0 Å². The van der Waals surface area contributed by atoms with E-state index in [9.17, 15) is 4.79 Å². The molecule has 0 aromatic heterocycles. The molecular weight excluding hydrogens is 116 g/mol. The summed E-state index contributed by atoms with van der Waals surface area (Å²) in [6.45, 7) is 4.10. The zero-order chi connectivity index (χ0) is 7.28. The first-order chi connectivity index (χ1) is 4.20. The van der Waals surface area contributed by atoms with Crippen LogP contribution in [0.1, 0.15) is 26.7 Å². The average Bonchev–Trinajstić information content (AvgIpc) is 1.87. The summed E-state index contributed by atoms with van der Waals surface area (Å²) in [5, 5.41) is 0. The maximum Gasteiger partial charge on any atom is 0.305 e. The van der Waals surface area contributed by atoms with Crippen LogP contribution in [0.3, 0.4) is 0 Å². The first-order valence-electron chi connectivity index (χ1n) is 3.27. The van der Waals surface area contributed by atoms with Gasteiger partial charge in [0.05, 0.1) is 7.11 Å². The summed E-state index contributed by atoms with van der Waals surface area (Å²) in [5.41, 5.74) is 0. The van der Waals surface area contributed by atoms with Crippen LogP contribution in [0.2, 0.25) is 0 Å². The van der Waals surface area contributed by atoms with E-state index >= 15 is 0 Å². The highest BCUT2D eigenvalue weighted by atomic mass is 16.5. The number of methoxy groups -OCH3 is 1. The van der Waals surface area contributed by atoms with Crippen LogP contribution in [0, 0.1) is 5.92 Å². The van der Waals surface area contributed by atoms with Crippen molar-refractivity contribution < 1.29 is 9.53 Å². The third-order valence-electron chi connectivity index (χ3n) is 1.44. The van der Waals surface area contributed by atoms with E-state index in [1.165, 1.54) is 7.11 Å². The summed E-state index contributed by atoms with van der Waals surface area (Å²) in [7, 11) is 1.42. The smallest absolute Gasteiger partial charge is 0.305 e. The second kappa shape index (κ2) is 4.36. The molecule has 0 aliphatic heterocycles. The normalized spacial score (nSPS) is 12.8. The van der Waals surface area contributed by atoms with Gasteiger partial charge in [0.15, 0.2) is 0 Å². The van der Waals surface area contributed by atoms with Crippen molar-refractivity contribution >= 4 is 5.97 Å². The van der Waals surface area contributed by atoms with Gasteiger partial charge in [-0.1, -0.05) is 20.3 Å². The zero-order valence-corrected chi connectivity index (χ0v) is 6.31. The molecule has 9 heavy (non-hydrogen) atoms. The number of ether oxygens (including phenoxy) is 1. The molecule has 54 valence electrons. The van der Waals surface area contributed by atoms with Crippen molar-refractivity contribution in [2.45, 2.75) is 26.7 Å². The third kappa shape index (κ3) is 4.01. The van der Waals surface area contributed by atoms with Crippen molar-refractivity contribution in [1.29, 1.82) is 0 Å². The molecule has 0 heterocycles. The Kier molecular flexibility index (Phi) is 4.10. The Morgan fingerprint density at radius 2 is 2.22 bits per heavy atom. The van der Waals surface area contributed by atoms with E-state index in [0.29, 0.717) is 12.3 Å². The van der Waals surface area contributed by atoms with E-state index in [2.05, 4.69) is 11.7 Å². The Bertz CT molecular complexity index is 88.9. The third-order valence-corrected chi connectivity index (χ3v) is 1.44. The Labute approximate surface area is 56.2 Å². The van der Waals surface area contributed by atoms with Gasteiger partial charge in [-0.25, -0.2) is 0 Å². The molecule has 0 aliphatic rings. The molecule has 0 radical (unpaired) electrons. The second-order valence-corrected chi connectivity index (χ2v) is 2.29. The Hall–Kier alpha value is -0.530. The quantitative estimate of drug-likeness (QED) is 0.542. The van der Waals surface area contributed by atoms with E-state index < -0.39 is 0 Å². The van der Waals surface area contributed by atoms with Gasteiger partial charge in [0.2, 0.25) is 0 Å². The van der Waals surface area contributed by atoms with Gasteiger partial charge in [-0.2, -0.15) is 0 Å². The Morgan fingerprint density at radius 3 is 2.56 bits per heavy atom. The van der Waals surface area contributed by atoms with E-state index in [0.717, 1.165) is 6.42 Å². The van der Waals surface area contributed by atoms with Crippen LogP contribution in [0.15, 0.2) is 0 Å². The molecule has 0 saturated carbocycles. The number of hydrogen-bond donors (Lipinski definition) is 0. The number of rotatable bonds is 3. The first kappa shape index (κ1) is 8.47. The summed E-state index contributed by atoms with van der Waals surface area (Å²) < 4.78 is 4.48. The van der Waals surface area contributed by atoms with Crippen LogP contribution in [0.5, 0.6) is 0 Å². The lowest BCUT2D eigenvalue weighted by Crippen LogP contribution is -2.05. The van der Waals surface area contributed by atoms with Crippen LogP contribution in [0.25, 0.3) is 0 Å². The van der Waals surface area contributed by atoms with Gasteiger partial charge >= 0.3 is 5.97 Å². The van der Waals surface area contributed by atoms with Gasteiger partial charge in [0, 0.05) is 6.42 Å². The summed E-state index contributed by atoms with van der Waals surface area (Å²) in [6.07, 6.45) is 1.59. The standard InChI is InChI=1S/C7H14O2/c1-4-6(2)5-7(8)9-3/h6H,4-5H2,1-3H3/t6-/m0/s1. The molecule has 0 N–H and O–H groups in total. The highest BCUT2D eigenvalue weighted by Gasteiger charge is 2.05. The van der Waals surface area contributed by atoms with Crippen molar-refractivity contribution in [3.63, 3.8) is 0 Å². The lowest BCUT2D eigenvalue weighted by Gasteiger charge is -2.04. The summed E-state index contributed by atoms with van der Waals surface area (Å²) in [6, 6.07) is 0. The van der Waals surface area contributed by atoms with Crippen LogP contribution in [-0.4, -0.2) is 13.1 Å². The summed E-state index contributed by atoms with van der Waals surface area (Å²) in [4.78, 5) is 10.6. The van der Waals surface area contributed by atoms with Gasteiger partial charge in [-0.05, 0) is 5.92 Å². The van der Waals surface area contributed by atoms with Crippen LogP contribution >= 0.6 is 0 Å². The Morgan fingerprint density at radius 1 is 1.67 bits per heavy atom. The molecule has 0 aromatic carbocycles. The molecule has 0 saturated heterocycles. The molecule has 0 bridgehead atoms. The molecular formula is C7H14O2. The predicted molar refractivity (Wildman–Crippen MR) is 36.1 cm³/mol. The highest BCUT2D eigenvalue weighted by Crippen LogP contribution is 2.06. The molecule has 2 nitrogen and oxygen atoms in total. The summed E-state index contributed by atoms with van der Waals surface area (Å²) >= 11 is 0. The highest BCUT2D eigenvalue weighted by molar-refractivity contribution is 5.69. The maximum atomic E-state index is 10.6. The fourth-order valence-corrected chi connectivity index (χ4v) is 0.512. The van der Waals surface area contributed by atoms with E-state index in [4.69, 9.17) is 0 Å². The van der Waals surface area contributed by atoms with E-state index in [1.807, 2.05) is 6.92 Å². The van der Waals surface area contributed by atoms with E-state index in [1.54, 1.807) is 0 Å². The number of hydrogen-bond acceptors (Lipinski definition) is 2. The minimum Gasteiger partial charge on any atom is -0.469 e. The fraction of sp³-hybridized carbons (Fsp3) is 0.857. The van der Waals surface area contributed by atoms with Crippen molar-refractivity contribution in [2.75, 3.05) is 7.11 Å². The molecule has 0 aliphatic carbocycles. The zero-order valence-electron chi connectivity index (χ0n) is 6.31. The largest absolute Gasteiger partial charge is 0.469 e. The SMILES string of the molecule is CC[C@H](C)CC(=O)OC. The van der Waals surface area contributed by atoms with Gasteiger partial charge in [0.25, 0.3) is 0 Å². The molecule has 0 fully saturated rings. The number of carbonyl (C=O) groups excluding carboxylic acids is 1. The van der Waals surface area contributed by atoms with Crippen molar-refractivity contribution in [3.8, 4) is 0 Å². The van der Waals surface area contributed by atoms with Gasteiger partial charge in [-0.3, -0.25) is 4.79 Å². The minimum atomic E-state index is -0.107. The monoisotopic (exact) mass is 130 g/mol. The molecule has 0 unspecified atom stereocenters. The van der Waals surface area contributed by atoms with Crippen molar-refractivity contribution in [1.82, 2.24) is 0 Å². The lowest BCUT2D eigenvalue weighted by atomic mass is 10.1. The van der Waals surface area contributed by atoms with Gasteiger partial charge in [0.1, 0.15) is 0 Å². The van der Waals surface area contributed by atoms with Gasteiger partial charge in [-0.15, -0.1) is 0 Å². The van der Waals surface area contributed by atoms with Crippen LogP contribution in [-0.2, 0) is 9.53 Å². The molecule has 0 amide bonds. The van der Waals surface area contributed by atoms with E-state index in [-0.39, 0.29) is 5.97 Å². The maximum absolute atomic E-state index is 10.6. The molecule has 2 heteroatoms. The second-order valence-electron chi connectivity index (χ2n) is 2.29. The number of esters is 1. The van der Waals surface area contributed by atoms with Gasteiger partial charge < -0.3 is 4.74 Å². The average molecular weight is 130 g/mol. The first-order valence-corrected chi connectivity index (χ1v) is 3.27. The predicted octanol–water partition coefficient (Wildman–Crippen LogP) is 1.60. The Balaban J connectivity index is 3.34. The molecule has 0 aromatic rings. The minimum absolute atomic E-state index is 0.107. The molecule has 0 rings (SSSR count). The molecule has 1 atom stereocenters. The summed E-state index contributed by atoms with van der Waals surface area (Å²) in [5.74, 6) is 0.349.